The highest BCUT2D eigenvalue weighted by Crippen LogP contribution is 2.75. The number of nitrogens with zero attached hydrogens (tertiary/aromatic N) is 4. The van der Waals surface area contributed by atoms with Gasteiger partial charge in [-0.3, -0.25) is 4.79 Å². The monoisotopic (exact) mass is 654 g/mol. The first kappa shape index (κ1) is 34.8. The van der Waals surface area contributed by atoms with Crippen molar-refractivity contribution in [1.82, 2.24) is 20.2 Å². The lowest BCUT2D eigenvalue weighted by Gasteiger charge is -2.71. The molecular formula is C37H62N6O4. The van der Waals surface area contributed by atoms with E-state index in [-0.39, 0.29) is 69.2 Å². The lowest BCUT2D eigenvalue weighted by atomic mass is 9.34. The van der Waals surface area contributed by atoms with Gasteiger partial charge in [0.05, 0.1) is 31.3 Å². The van der Waals surface area contributed by atoms with E-state index in [0.29, 0.717) is 31.0 Å². The van der Waals surface area contributed by atoms with Crippen LogP contribution in [0.3, 0.4) is 0 Å². The van der Waals surface area contributed by atoms with E-state index in [2.05, 4.69) is 90.7 Å². The van der Waals surface area contributed by atoms with Gasteiger partial charge < -0.3 is 26.0 Å². The second kappa shape index (κ2) is 11.5. The first-order valence-corrected chi connectivity index (χ1v) is 18.3. The van der Waals surface area contributed by atoms with Gasteiger partial charge >= 0.3 is 5.97 Å². The number of aliphatic carboxylic acids is 1. The fourth-order valence-electron chi connectivity index (χ4n) is 12.3. The van der Waals surface area contributed by atoms with Gasteiger partial charge in [-0.1, -0.05) is 79.1 Å². The van der Waals surface area contributed by atoms with Gasteiger partial charge in [0.15, 0.2) is 0 Å². The number of tetrazole rings is 1. The molecule has 47 heavy (non-hydrogen) atoms. The minimum absolute atomic E-state index is 0.115. The first-order valence-electron chi connectivity index (χ1n) is 18.3. The molecule has 0 aromatic carbocycles. The molecule has 1 saturated heterocycles. The number of nitrogens with two attached hydrogens (primary N) is 2. The lowest BCUT2D eigenvalue weighted by Crippen LogP contribution is -2.69. The Balaban J connectivity index is 1.45. The van der Waals surface area contributed by atoms with E-state index >= 15 is 0 Å². The van der Waals surface area contributed by atoms with E-state index in [4.69, 9.17) is 20.9 Å². The molecule has 1 aliphatic heterocycles. The molecule has 1 aromatic rings. The molecule has 5 N–H and O–H groups in total. The molecule has 0 amide bonds. The Kier molecular flexibility index (Phi) is 8.52. The van der Waals surface area contributed by atoms with Crippen molar-refractivity contribution < 1.29 is 19.4 Å². The Morgan fingerprint density at radius 3 is 2.34 bits per heavy atom. The third kappa shape index (κ3) is 4.80. The van der Waals surface area contributed by atoms with Crippen LogP contribution in [-0.2, 0) is 14.3 Å². The summed E-state index contributed by atoms with van der Waals surface area (Å²) >= 11 is 0. The van der Waals surface area contributed by atoms with Gasteiger partial charge in [-0.2, -0.15) is 4.80 Å². The molecule has 4 fully saturated rings. The maximum absolute atomic E-state index is 13.4. The van der Waals surface area contributed by atoms with Crippen molar-refractivity contribution in [3.63, 3.8) is 0 Å². The number of anilines is 1. The Morgan fingerprint density at radius 1 is 1.04 bits per heavy atom. The molecule has 4 aliphatic carbocycles. The van der Waals surface area contributed by atoms with Crippen LogP contribution in [0.2, 0.25) is 0 Å². The van der Waals surface area contributed by atoms with E-state index in [1.165, 1.54) is 5.57 Å². The highest BCUT2D eigenvalue weighted by molar-refractivity contribution is 5.73. The SMILES string of the molecule is CC(C)C(N)C(C)O[C@H]1[C@@H](n2nnc(N)n2)C[C@@]23COC[C@]1(C)[C@@H]2CC[C@H]1C3=CC[C@@]2(C)[C@H](C(=O)O)[C@@](C)([C@H](C)C(C)C)CC[C@]12C. The van der Waals surface area contributed by atoms with E-state index in [1.54, 1.807) is 4.80 Å². The van der Waals surface area contributed by atoms with E-state index in [1.807, 2.05) is 0 Å². The van der Waals surface area contributed by atoms with Crippen LogP contribution in [0.5, 0.6) is 0 Å². The van der Waals surface area contributed by atoms with Crippen LogP contribution in [0.4, 0.5) is 5.95 Å². The molecule has 264 valence electrons. The number of rotatable bonds is 8. The number of allylic oxidation sites excluding steroid dienone is 1. The first-order chi connectivity index (χ1) is 21.9. The van der Waals surface area contributed by atoms with Crippen LogP contribution in [0.25, 0.3) is 0 Å². The molecule has 1 aromatic heterocycles. The van der Waals surface area contributed by atoms with Gasteiger partial charge in [-0.25, -0.2) is 0 Å². The minimum atomic E-state index is -0.632. The predicted molar refractivity (Wildman–Crippen MR) is 182 cm³/mol. The Labute approximate surface area is 282 Å². The number of nitrogen functional groups attached to an aromatic ring is 1. The van der Waals surface area contributed by atoms with Crippen LogP contribution in [0.15, 0.2) is 11.6 Å². The summed E-state index contributed by atoms with van der Waals surface area (Å²) in [5.41, 5.74) is 12.9. The van der Waals surface area contributed by atoms with E-state index in [0.717, 1.165) is 38.5 Å². The van der Waals surface area contributed by atoms with E-state index < -0.39 is 11.9 Å². The molecule has 0 radical (unpaired) electrons. The maximum atomic E-state index is 13.4. The Hall–Kier alpha value is -2.04. The largest absolute Gasteiger partial charge is 0.481 e. The van der Waals surface area contributed by atoms with Gasteiger partial charge in [-0.15, -0.1) is 5.10 Å². The topological polar surface area (TPSA) is 151 Å². The Morgan fingerprint density at radius 2 is 1.74 bits per heavy atom. The summed E-state index contributed by atoms with van der Waals surface area (Å²) in [4.78, 5) is 15.1. The lowest BCUT2D eigenvalue weighted by molar-refractivity contribution is -0.259. The standard InChI is InChI=1S/C37H62N6O4/c1-20(2)22(5)33(7)15-16-35(9)24-11-12-27-34(8)18-46-19-37(27,25(24)13-14-36(35,10)29(33)31(44)45)17-26(43-41-32(39)40-42-43)30(34)47-23(6)28(38)21(3)4/h13,20-24,26-30H,11-12,14-19,38H2,1-10H3,(H2,39,41)(H,44,45)/t22-,23?,24+,26+,27+,28?,29-,30+,33-,34-,35-,36+,37+/m1/s1. The van der Waals surface area contributed by atoms with Crippen molar-refractivity contribution in [3.05, 3.63) is 11.6 Å². The van der Waals surface area contributed by atoms with Crippen molar-refractivity contribution >= 4 is 11.9 Å². The summed E-state index contributed by atoms with van der Waals surface area (Å²) in [6, 6.07) is -0.308. The fourth-order valence-corrected chi connectivity index (χ4v) is 12.3. The number of fused-ring (bicyclic) bond motifs is 3. The summed E-state index contributed by atoms with van der Waals surface area (Å²) < 4.78 is 13.7. The summed E-state index contributed by atoms with van der Waals surface area (Å²) in [5, 5.41) is 24.1. The average molecular weight is 655 g/mol. The molecule has 0 spiro atoms. The normalized spacial score (nSPS) is 45.0. The number of ether oxygens (including phenoxy) is 2. The number of hydrogen-bond donors (Lipinski definition) is 3. The van der Waals surface area contributed by atoms with Gasteiger partial charge in [0.1, 0.15) is 6.04 Å². The van der Waals surface area contributed by atoms with Gasteiger partial charge in [-0.05, 0) is 96.5 Å². The molecule has 13 atom stereocenters. The summed E-state index contributed by atoms with van der Waals surface area (Å²) in [6.45, 7) is 23.7. The fraction of sp³-hybridized carbons (Fsp3) is 0.892. The third-order valence-electron chi connectivity index (χ3n) is 15.5. The smallest absolute Gasteiger partial charge is 0.307 e. The molecule has 6 rings (SSSR count). The number of carboxylic acid groups (broad SMARTS) is 1. The van der Waals surface area contributed by atoms with Crippen molar-refractivity contribution in [2.45, 2.75) is 132 Å². The van der Waals surface area contributed by atoms with E-state index in [9.17, 15) is 9.90 Å². The molecule has 10 nitrogen and oxygen atoms in total. The second-order valence-electron chi connectivity index (χ2n) is 18.2. The number of aromatic nitrogens is 4. The summed E-state index contributed by atoms with van der Waals surface area (Å²) in [5.74, 6) is 0.729. The third-order valence-corrected chi connectivity index (χ3v) is 15.5. The highest BCUT2D eigenvalue weighted by Gasteiger charge is 2.72. The predicted octanol–water partition coefficient (Wildman–Crippen LogP) is 6.14. The van der Waals surface area contributed by atoms with Crippen molar-refractivity contribution in [2.24, 2.45) is 68.3 Å². The minimum Gasteiger partial charge on any atom is -0.481 e. The molecule has 10 heteroatoms. The molecule has 2 heterocycles. The maximum Gasteiger partial charge on any atom is 0.307 e. The van der Waals surface area contributed by atoms with Crippen LogP contribution in [-0.4, -0.2) is 62.7 Å². The van der Waals surface area contributed by atoms with Crippen LogP contribution < -0.4 is 11.5 Å². The van der Waals surface area contributed by atoms with Crippen molar-refractivity contribution in [2.75, 3.05) is 18.9 Å². The van der Waals surface area contributed by atoms with Crippen LogP contribution in [0.1, 0.15) is 114 Å². The van der Waals surface area contributed by atoms with Crippen LogP contribution in [0, 0.1) is 62.6 Å². The van der Waals surface area contributed by atoms with Gasteiger partial charge in [0, 0.05) is 16.9 Å². The van der Waals surface area contributed by atoms with Crippen molar-refractivity contribution in [1.29, 1.82) is 0 Å². The second-order valence-corrected chi connectivity index (χ2v) is 18.2. The number of hydrogen-bond acceptors (Lipinski definition) is 8. The average Bonchev–Trinajstić information content (AvgIpc) is 3.43. The highest BCUT2D eigenvalue weighted by atomic mass is 16.5. The molecule has 3 saturated carbocycles. The zero-order chi connectivity index (χ0) is 34.5. The van der Waals surface area contributed by atoms with Crippen LogP contribution >= 0.6 is 0 Å². The zero-order valence-corrected chi connectivity index (χ0v) is 30.6. The molecule has 5 aliphatic rings. The van der Waals surface area contributed by atoms with Gasteiger partial charge in [0.2, 0.25) is 0 Å². The molecule has 2 bridgehead atoms. The van der Waals surface area contributed by atoms with Gasteiger partial charge in [0.25, 0.3) is 5.95 Å². The quantitative estimate of drug-likeness (QED) is 0.281. The molecule has 2 unspecified atom stereocenters. The number of carboxylic acids is 1. The van der Waals surface area contributed by atoms with Crippen molar-refractivity contribution in [3.8, 4) is 0 Å². The summed E-state index contributed by atoms with van der Waals surface area (Å²) in [6.07, 6.45) is 7.66. The Bertz CT molecular complexity index is 1400. The zero-order valence-electron chi connectivity index (χ0n) is 30.6. The summed E-state index contributed by atoms with van der Waals surface area (Å²) in [7, 11) is 0. The number of carbonyl (C=O) groups is 1. The molecular weight excluding hydrogens is 592 g/mol.